The Kier molecular flexibility index (Phi) is 6.41. The van der Waals surface area contributed by atoms with Crippen molar-refractivity contribution in [2.75, 3.05) is 0 Å². The van der Waals surface area contributed by atoms with E-state index in [2.05, 4.69) is 0 Å². The number of aliphatic hydroxyl groups is 4. The van der Waals surface area contributed by atoms with Gasteiger partial charge in [0.25, 0.3) is 0 Å². The van der Waals surface area contributed by atoms with Gasteiger partial charge in [0.1, 0.15) is 23.6 Å². The van der Waals surface area contributed by atoms with Crippen molar-refractivity contribution in [3.63, 3.8) is 0 Å². The van der Waals surface area contributed by atoms with Gasteiger partial charge in [-0.1, -0.05) is 20.8 Å². The first-order chi connectivity index (χ1) is 18.8. The van der Waals surface area contributed by atoms with Gasteiger partial charge < -0.3 is 39.4 Å². The van der Waals surface area contributed by atoms with Crippen molar-refractivity contribution in [1.82, 2.24) is 0 Å². The summed E-state index contributed by atoms with van der Waals surface area (Å²) >= 11 is 0. The Morgan fingerprint density at radius 1 is 1.00 bits per heavy atom. The van der Waals surface area contributed by atoms with Crippen molar-refractivity contribution >= 4 is 23.7 Å². The van der Waals surface area contributed by atoms with Crippen molar-refractivity contribution in [2.45, 2.75) is 102 Å². The van der Waals surface area contributed by atoms with Gasteiger partial charge in [-0.05, 0) is 37.7 Å². The van der Waals surface area contributed by atoms with Gasteiger partial charge in [0.15, 0.2) is 17.5 Å². The van der Waals surface area contributed by atoms with Gasteiger partial charge in [0, 0.05) is 42.4 Å². The van der Waals surface area contributed by atoms with Crippen LogP contribution in [0, 0.1) is 28.1 Å². The summed E-state index contributed by atoms with van der Waals surface area (Å²) in [6.07, 6.45) is -3.68. The van der Waals surface area contributed by atoms with Gasteiger partial charge in [-0.3, -0.25) is 19.2 Å². The summed E-state index contributed by atoms with van der Waals surface area (Å²) in [6.45, 7) is 6.77. The van der Waals surface area contributed by atoms with Gasteiger partial charge in [0.05, 0.1) is 17.9 Å². The number of Topliss-reactive ketones (excluding diaryl/α,β-unsaturated/α-hetero) is 1. The first kappa shape index (κ1) is 29.7. The number of carbonyl (C=O) groups excluding carboxylic acids is 3. The first-order valence-corrected chi connectivity index (χ1v) is 13.8. The van der Waals surface area contributed by atoms with Crippen LogP contribution in [0.25, 0.3) is 0 Å². The minimum absolute atomic E-state index is 0.00596. The van der Waals surface area contributed by atoms with E-state index in [-0.39, 0.29) is 30.6 Å². The van der Waals surface area contributed by atoms with E-state index in [4.69, 9.17) is 13.9 Å². The monoisotopic (exact) mass is 578 g/mol. The molecule has 12 heteroatoms. The second-order valence-corrected chi connectivity index (χ2v) is 13.4. The van der Waals surface area contributed by atoms with E-state index >= 15 is 0 Å². The minimum Gasteiger partial charge on any atom is -0.481 e. The van der Waals surface area contributed by atoms with Crippen molar-refractivity contribution in [2.24, 2.45) is 28.1 Å². The SMILES string of the molecule is CC(=O)OC1C2(C)CC3(O)C(C)(C(O)C4CCC(C)(C(=O)c5ccoc5)CC4(O)C(OC(C)=O)C13O)C2CC(=O)O. The Morgan fingerprint density at radius 2 is 1.61 bits per heavy atom. The molecule has 11 unspecified atom stereocenters. The maximum atomic E-state index is 13.6. The van der Waals surface area contributed by atoms with Crippen molar-refractivity contribution in [3.8, 4) is 0 Å². The van der Waals surface area contributed by atoms with E-state index in [1.807, 2.05) is 0 Å². The third-order valence-electron chi connectivity index (χ3n) is 11.2. The summed E-state index contributed by atoms with van der Waals surface area (Å²) in [5, 5.41) is 60.0. The van der Waals surface area contributed by atoms with Crippen molar-refractivity contribution in [3.05, 3.63) is 24.2 Å². The minimum atomic E-state index is -2.69. The van der Waals surface area contributed by atoms with Crippen molar-refractivity contribution in [1.29, 1.82) is 0 Å². The molecule has 4 fully saturated rings. The molecular weight excluding hydrogens is 540 g/mol. The number of hydrogen-bond acceptors (Lipinski definition) is 11. The van der Waals surface area contributed by atoms with Crippen LogP contribution in [0.15, 0.2) is 23.0 Å². The first-order valence-electron chi connectivity index (χ1n) is 13.8. The van der Waals surface area contributed by atoms with Crippen LogP contribution < -0.4 is 0 Å². The molecule has 1 heterocycles. The predicted octanol–water partition coefficient (Wildman–Crippen LogP) is 1.22. The molecule has 0 amide bonds. The van der Waals surface area contributed by atoms with E-state index in [0.717, 1.165) is 13.8 Å². The lowest BCUT2D eigenvalue weighted by molar-refractivity contribution is -0.310. The number of carboxylic acids is 1. The molecule has 1 aromatic rings. The van der Waals surface area contributed by atoms with E-state index in [1.165, 1.54) is 25.5 Å². The zero-order valence-corrected chi connectivity index (χ0v) is 23.7. The Hall–Kier alpha value is -2.80. The number of carbonyl (C=O) groups is 4. The number of furan rings is 1. The fourth-order valence-electron chi connectivity index (χ4n) is 9.60. The maximum Gasteiger partial charge on any atom is 0.303 e. The Labute approximate surface area is 236 Å². The summed E-state index contributed by atoms with van der Waals surface area (Å²) in [4.78, 5) is 50.7. The average Bonchev–Trinajstić information content (AvgIpc) is 3.49. The van der Waals surface area contributed by atoms with Crippen LogP contribution in [0.5, 0.6) is 0 Å². The molecule has 11 atom stereocenters. The summed E-state index contributed by atoms with van der Waals surface area (Å²) < 4.78 is 16.4. The van der Waals surface area contributed by atoms with Gasteiger partial charge in [-0.2, -0.15) is 0 Å². The molecule has 0 aliphatic heterocycles. The summed E-state index contributed by atoms with van der Waals surface area (Å²) in [7, 11) is 0. The molecule has 4 aliphatic carbocycles. The molecule has 1 aromatic heterocycles. The van der Waals surface area contributed by atoms with E-state index in [9.17, 15) is 44.7 Å². The number of hydrogen-bond donors (Lipinski definition) is 5. The lowest BCUT2D eigenvalue weighted by Crippen LogP contribution is -2.77. The molecule has 2 bridgehead atoms. The third-order valence-corrected chi connectivity index (χ3v) is 11.2. The molecule has 4 saturated carbocycles. The largest absolute Gasteiger partial charge is 0.481 e. The van der Waals surface area contributed by atoms with Crippen LogP contribution in [0.2, 0.25) is 0 Å². The van der Waals surface area contributed by atoms with Crippen molar-refractivity contribution < 1.29 is 58.6 Å². The zero-order chi connectivity index (χ0) is 30.6. The number of carboxylic acid groups (broad SMARTS) is 1. The molecule has 12 nitrogen and oxygen atoms in total. The van der Waals surface area contributed by atoms with Gasteiger partial charge in [-0.25, -0.2) is 0 Å². The summed E-state index contributed by atoms with van der Waals surface area (Å²) in [6, 6.07) is 1.47. The summed E-state index contributed by atoms with van der Waals surface area (Å²) in [5.74, 6) is -5.59. The molecule has 0 spiro atoms. The van der Waals surface area contributed by atoms with Crippen LogP contribution in [-0.4, -0.2) is 84.3 Å². The van der Waals surface area contributed by atoms with E-state index in [1.54, 1.807) is 13.8 Å². The molecule has 4 aliphatic rings. The molecule has 226 valence electrons. The predicted molar refractivity (Wildman–Crippen MR) is 137 cm³/mol. The standard InChI is InChI=1S/C29H38O12/c1-14(30)40-22-25(4)13-28(37)26(5,18(25)10-19(32)33)21(35)17-6-8-24(3,20(34)16-7-9-39-11-16)12-27(17,36)23(29(22,28)38)41-15(2)31/h7,9,11,17-18,21-23,35-38H,6,8,10,12-13H2,1-5H3,(H,32,33). The Bertz CT molecular complexity index is 1290. The van der Waals surface area contributed by atoms with Crippen LogP contribution in [0.4, 0.5) is 0 Å². The molecule has 5 rings (SSSR count). The van der Waals surface area contributed by atoms with E-state index < -0.39 is 93.9 Å². The lowest BCUT2D eigenvalue weighted by atomic mass is 9.52. The number of ketones is 1. The fourth-order valence-corrected chi connectivity index (χ4v) is 9.60. The molecule has 0 radical (unpaired) electrons. The topological polar surface area (TPSA) is 201 Å². The number of rotatable bonds is 6. The number of aliphatic carboxylic acids is 1. The lowest BCUT2D eigenvalue weighted by Gasteiger charge is -2.59. The second kappa shape index (κ2) is 8.85. The van der Waals surface area contributed by atoms with E-state index in [0.29, 0.717) is 0 Å². The van der Waals surface area contributed by atoms with Crippen LogP contribution in [-0.2, 0) is 23.9 Å². The van der Waals surface area contributed by atoms with Gasteiger partial charge >= 0.3 is 17.9 Å². The Morgan fingerprint density at radius 3 is 2.15 bits per heavy atom. The highest BCUT2D eigenvalue weighted by molar-refractivity contribution is 6.00. The summed E-state index contributed by atoms with van der Waals surface area (Å²) in [5.41, 5.74) is -11.6. The zero-order valence-electron chi connectivity index (χ0n) is 23.7. The molecule has 0 saturated heterocycles. The quantitative estimate of drug-likeness (QED) is 0.239. The normalized spacial score (nSPS) is 48.2. The van der Waals surface area contributed by atoms with Crippen LogP contribution in [0.1, 0.15) is 77.1 Å². The number of ether oxygens (including phenoxy) is 2. The van der Waals surface area contributed by atoms with Crippen LogP contribution >= 0.6 is 0 Å². The highest BCUT2D eigenvalue weighted by Crippen LogP contribution is 2.78. The van der Waals surface area contributed by atoms with Crippen LogP contribution in [0.3, 0.4) is 0 Å². The third kappa shape index (κ3) is 3.53. The Balaban J connectivity index is 1.78. The maximum absolute atomic E-state index is 13.6. The molecular formula is C29H38O12. The highest BCUT2D eigenvalue weighted by atomic mass is 16.6. The molecule has 41 heavy (non-hydrogen) atoms. The van der Waals surface area contributed by atoms with Gasteiger partial charge in [-0.15, -0.1) is 0 Å². The molecule has 0 aromatic carbocycles. The number of esters is 2. The molecule has 5 N–H and O–H groups in total. The highest BCUT2D eigenvalue weighted by Gasteiger charge is 2.91. The number of fused-ring (bicyclic) bond motifs is 2. The number of aliphatic hydroxyl groups excluding tert-OH is 1. The smallest absolute Gasteiger partial charge is 0.303 e. The van der Waals surface area contributed by atoms with Gasteiger partial charge in [0.2, 0.25) is 0 Å². The average molecular weight is 579 g/mol. The second-order valence-electron chi connectivity index (χ2n) is 13.4. The fraction of sp³-hybridized carbons (Fsp3) is 0.724.